The van der Waals surface area contributed by atoms with Crippen molar-refractivity contribution in [1.29, 1.82) is 0 Å². The van der Waals surface area contributed by atoms with Gasteiger partial charge in [-0.1, -0.05) is 13.0 Å². The maximum absolute atomic E-state index is 10.8. The zero-order chi connectivity index (χ0) is 15.5. The first-order chi connectivity index (χ1) is 10.2. The number of unbranched alkanes of at least 4 members (excludes halogenated alkanes) is 3. The number of hydrogen-bond acceptors (Lipinski definition) is 4. The third-order valence-corrected chi connectivity index (χ3v) is 3.13. The fourth-order valence-electron chi connectivity index (χ4n) is 1.97. The Bertz CT molecular complexity index is 461. The van der Waals surface area contributed by atoms with Crippen LogP contribution in [0, 0.1) is 10.1 Å². The first-order valence-corrected chi connectivity index (χ1v) is 7.40. The average molecular weight is 292 g/mol. The van der Waals surface area contributed by atoms with Gasteiger partial charge in [0.2, 0.25) is 0 Å². The van der Waals surface area contributed by atoms with Crippen LogP contribution in [0.3, 0.4) is 0 Å². The summed E-state index contributed by atoms with van der Waals surface area (Å²) in [6, 6.07) is 4.76. The van der Waals surface area contributed by atoms with Crippen molar-refractivity contribution in [2.75, 3.05) is 13.2 Å². The Hall–Kier alpha value is -1.88. The van der Waals surface area contributed by atoms with Crippen LogP contribution < -0.4 is 10.1 Å². The average Bonchev–Trinajstić information content (AvgIpc) is 2.49. The topological polar surface area (TPSA) is 64.4 Å². The molecule has 0 saturated carbocycles. The summed E-state index contributed by atoms with van der Waals surface area (Å²) in [5, 5.41) is 14.0. The van der Waals surface area contributed by atoms with Gasteiger partial charge < -0.3 is 10.1 Å². The van der Waals surface area contributed by atoms with Crippen molar-refractivity contribution >= 4 is 5.69 Å². The first-order valence-electron chi connectivity index (χ1n) is 7.40. The lowest BCUT2D eigenvalue weighted by atomic mass is 10.1. The minimum absolute atomic E-state index is 0.0984. The molecule has 21 heavy (non-hydrogen) atoms. The Balaban J connectivity index is 2.58. The fourth-order valence-corrected chi connectivity index (χ4v) is 1.97. The highest BCUT2D eigenvalue weighted by Gasteiger charge is 2.11. The third kappa shape index (κ3) is 6.40. The van der Waals surface area contributed by atoms with Crippen LogP contribution in [0.1, 0.15) is 38.2 Å². The van der Waals surface area contributed by atoms with Crippen LogP contribution in [0.2, 0.25) is 0 Å². The Morgan fingerprint density at radius 2 is 2.19 bits per heavy atom. The number of rotatable bonds is 11. The predicted molar refractivity (Wildman–Crippen MR) is 84.6 cm³/mol. The normalized spacial score (nSPS) is 10.3. The number of nitrogens with one attached hydrogen (secondary N) is 1. The number of allylic oxidation sites excluding steroid dienone is 1. The van der Waals surface area contributed by atoms with Crippen LogP contribution >= 0.6 is 0 Å². The minimum Gasteiger partial charge on any atom is -0.493 e. The van der Waals surface area contributed by atoms with Crippen molar-refractivity contribution < 1.29 is 9.66 Å². The molecule has 0 atom stereocenters. The summed E-state index contributed by atoms with van der Waals surface area (Å²) in [7, 11) is 0. The molecule has 0 unspecified atom stereocenters. The smallest absolute Gasteiger partial charge is 0.270 e. The highest BCUT2D eigenvalue weighted by molar-refractivity contribution is 5.43. The van der Waals surface area contributed by atoms with Crippen molar-refractivity contribution in [3.63, 3.8) is 0 Å². The van der Waals surface area contributed by atoms with E-state index in [-0.39, 0.29) is 10.6 Å². The van der Waals surface area contributed by atoms with Crippen LogP contribution in [0.25, 0.3) is 0 Å². The molecule has 1 rings (SSSR count). The SMILES string of the molecule is C=CCCCCCOc1ccc([N+](=O)[O-])cc1CNCC. The second kappa shape index (κ2) is 9.94. The lowest BCUT2D eigenvalue weighted by Crippen LogP contribution is -2.13. The van der Waals surface area contributed by atoms with E-state index in [4.69, 9.17) is 4.74 Å². The summed E-state index contributed by atoms with van der Waals surface area (Å²) in [5.41, 5.74) is 0.929. The maximum Gasteiger partial charge on any atom is 0.270 e. The van der Waals surface area contributed by atoms with Gasteiger partial charge >= 0.3 is 0 Å². The van der Waals surface area contributed by atoms with Crippen LogP contribution in [-0.4, -0.2) is 18.1 Å². The summed E-state index contributed by atoms with van der Waals surface area (Å²) in [5.74, 6) is 0.727. The number of nitro benzene ring substituents is 1. The molecule has 0 aliphatic rings. The number of ether oxygens (including phenoxy) is 1. The highest BCUT2D eigenvalue weighted by Crippen LogP contribution is 2.24. The third-order valence-electron chi connectivity index (χ3n) is 3.13. The molecule has 5 heteroatoms. The summed E-state index contributed by atoms with van der Waals surface area (Å²) in [6.45, 7) is 7.71. The second-order valence-corrected chi connectivity index (χ2v) is 4.82. The van der Waals surface area contributed by atoms with Crippen LogP contribution in [0.5, 0.6) is 5.75 Å². The molecule has 1 aromatic carbocycles. The fraction of sp³-hybridized carbons (Fsp3) is 0.500. The largest absolute Gasteiger partial charge is 0.493 e. The van der Waals surface area contributed by atoms with Gasteiger partial charge in [0.25, 0.3) is 5.69 Å². The number of nitro groups is 1. The van der Waals surface area contributed by atoms with Crippen LogP contribution in [0.4, 0.5) is 5.69 Å². The number of benzene rings is 1. The van der Waals surface area contributed by atoms with E-state index in [9.17, 15) is 10.1 Å². The van der Waals surface area contributed by atoms with Gasteiger partial charge in [-0.05, 0) is 38.3 Å². The standard InChI is InChI=1S/C16H24N2O3/c1-3-5-6-7-8-11-21-16-10-9-15(18(19)20)12-14(16)13-17-4-2/h3,9-10,12,17H,1,4-8,11,13H2,2H3. The summed E-state index contributed by atoms with van der Waals surface area (Å²) < 4.78 is 5.76. The van der Waals surface area contributed by atoms with E-state index in [1.54, 1.807) is 12.1 Å². The van der Waals surface area contributed by atoms with Crippen molar-refractivity contribution in [2.24, 2.45) is 0 Å². The van der Waals surface area contributed by atoms with Crippen molar-refractivity contribution in [1.82, 2.24) is 5.32 Å². The molecule has 0 radical (unpaired) electrons. The van der Waals surface area contributed by atoms with E-state index in [1.165, 1.54) is 6.07 Å². The summed E-state index contributed by atoms with van der Waals surface area (Å²) in [6.07, 6.45) is 6.15. The quantitative estimate of drug-likeness (QED) is 0.291. The highest BCUT2D eigenvalue weighted by atomic mass is 16.6. The first kappa shape index (κ1) is 17.2. The van der Waals surface area contributed by atoms with Crippen molar-refractivity contribution in [3.05, 3.63) is 46.5 Å². The second-order valence-electron chi connectivity index (χ2n) is 4.82. The lowest BCUT2D eigenvalue weighted by molar-refractivity contribution is -0.384. The lowest BCUT2D eigenvalue weighted by Gasteiger charge is -2.11. The number of non-ortho nitro benzene ring substituents is 1. The van der Waals surface area contributed by atoms with Gasteiger partial charge in [0.1, 0.15) is 5.75 Å². The van der Waals surface area contributed by atoms with E-state index in [2.05, 4.69) is 11.9 Å². The molecule has 116 valence electrons. The molecule has 1 N–H and O–H groups in total. The van der Waals surface area contributed by atoms with Gasteiger partial charge in [0.15, 0.2) is 0 Å². The van der Waals surface area contributed by atoms with Gasteiger partial charge in [-0.25, -0.2) is 0 Å². The van der Waals surface area contributed by atoms with Gasteiger partial charge in [0, 0.05) is 24.2 Å². The minimum atomic E-state index is -0.380. The van der Waals surface area contributed by atoms with Gasteiger partial charge in [-0.15, -0.1) is 6.58 Å². The Morgan fingerprint density at radius 1 is 1.38 bits per heavy atom. The van der Waals surface area contributed by atoms with E-state index < -0.39 is 0 Å². The summed E-state index contributed by atoms with van der Waals surface area (Å²) in [4.78, 5) is 10.5. The predicted octanol–water partition coefficient (Wildman–Crippen LogP) is 3.83. The Labute approximate surface area is 126 Å². The van der Waals surface area contributed by atoms with E-state index in [0.29, 0.717) is 13.2 Å². The van der Waals surface area contributed by atoms with Crippen molar-refractivity contribution in [2.45, 2.75) is 39.2 Å². The summed E-state index contributed by atoms with van der Waals surface area (Å²) >= 11 is 0. The van der Waals surface area contributed by atoms with Gasteiger partial charge in [-0.3, -0.25) is 10.1 Å². The molecular weight excluding hydrogens is 268 g/mol. The van der Waals surface area contributed by atoms with Crippen LogP contribution in [-0.2, 0) is 6.54 Å². The van der Waals surface area contributed by atoms with Crippen LogP contribution in [0.15, 0.2) is 30.9 Å². The molecule has 0 aliphatic heterocycles. The molecule has 0 heterocycles. The zero-order valence-corrected chi connectivity index (χ0v) is 12.6. The maximum atomic E-state index is 10.8. The van der Waals surface area contributed by atoms with E-state index in [0.717, 1.165) is 43.5 Å². The molecule has 0 bridgehead atoms. The molecule has 0 aromatic heterocycles. The van der Waals surface area contributed by atoms with Gasteiger partial charge in [0.05, 0.1) is 11.5 Å². The molecule has 0 aliphatic carbocycles. The monoisotopic (exact) mass is 292 g/mol. The van der Waals surface area contributed by atoms with Crippen molar-refractivity contribution in [3.8, 4) is 5.75 Å². The zero-order valence-electron chi connectivity index (χ0n) is 12.6. The molecule has 0 spiro atoms. The van der Waals surface area contributed by atoms with E-state index >= 15 is 0 Å². The molecule has 0 amide bonds. The molecule has 1 aromatic rings. The number of hydrogen-bond donors (Lipinski definition) is 1. The van der Waals surface area contributed by atoms with E-state index in [1.807, 2.05) is 13.0 Å². The molecule has 0 saturated heterocycles. The van der Waals surface area contributed by atoms with Gasteiger partial charge in [-0.2, -0.15) is 0 Å². The number of nitrogens with zero attached hydrogens (tertiary/aromatic N) is 1. The Kier molecular flexibility index (Phi) is 8.12. The molecule has 0 fully saturated rings. The Morgan fingerprint density at radius 3 is 2.86 bits per heavy atom. The molecule has 5 nitrogen and oxygen atoms in total. The molecular formula is C16H24N2O3.